The number of aryl methyl sites for hydroxylation is 1. The zero-order valence-corrected chi connectivity index (χ0v) is 11.7. The van der Waals surface area contributed by atoms with Crippen molar-refractivity contribution in [3.8, 4) is 0 Å². The van der Waals surface area contributed by atoms with Crippen LogP contribution in [-0.2, 0) is 17.8 Å². The van der Waals surface area contributed by atoms with E-state index in [1.807, 2.05) is 12.5 Å². The minimum atomic E-state index is 0.0316. The second-order valence-corrected chi connectivity index (χ2v) is 5.64. The molecule has 19 heavy (non-hydrogen) atoms. The number of nitrogens with one attached hydrogen (secondary N) is 1. The molecule has 0 fully saturated rings. The Morgan fingerprint density at radius 2 is 2.42 bits per heavy atom. The summed E-state index contributed by atoms with van der Waals surface area (Å²) < 4.78 is 2.11. The number of carbonyl (C=O) groups excluding carboxylic acids is 1. The lowest BCUT2D eigenvalue weighted by Crippen LogP contribution is -2.44. The Morgan fingerprint density at radius 1 is 1.63 bits per heavy atom. The van der Waals surface area contributed by atoms with Gasteiger partial charge in [-0.3, -0.25) is 4.79 Å². The fourth-order valence-electron chi connectivity index (χ4n) is 2.60. The summed E-state index contributed by atoms with van der Waals surface area (Å²) in [6, 6.07) is 0.0596. The van der Waals surface area contributed by atoms with Gasteiger partial charge in [-0.1, -0.05) is 13.8 Å². The lowest BCUT2D eigenvalue weighted by molar-refractivity contribution is -0.126. The monoisotopic (exact) mass is 265 g/mol. The average Bonchev–Trinajstić information content (AvgIpc) is 2.85. The van der Waals surface area contributed by atoms with Gasteiger partial charge in [-0.05, 0) is 18.8 Å². The van der Waals surface area contributed by atoms with E-state index in [1.165, 1.54) is 0 Å². The third-order valence-corrected chi connectivity index (χ3v) is 3.92. The van der Waals surface area contributed by atoms with Crippen LogP contribution in [0.2, 0.25) is 0 Å². The Bertz CT molecular complexity index is 428. The first-order valence-electron chi connectivity index (χ1n) is 7.02. The number of nitrogens with zero attached hydrogens (tertiary/aromatic N) is 2. The first-order valence-corrected chi connectivity index (χ1v) is 7.02. The van der Waals surface area contributed by atoms with Gasteiger partial charge in [0, 0.05) is 43.4 Å². The van der Waals surface area contributed by atoms with Crippen LogP contribution in [0.5, 0.6) is 0 Å². The van der Waals surface area contributed by atoms with Gasteiger partial charge in [0.15, 0.2) is 0 Å². The van der Waals surface area contributed by atoms with E-state index in [0.29, 0.717) is 12.3 Å². The summed E-state index contributed by atoms with van der Waals surface area (Å²) in [6.45, 7) is 5.10. The molecule has 0 saturated heterocycles. The van der Waals surface area contributed by atoms with Crippen LogP contribution in [0.15, 0.2) is 12.5 Å². The van der Waals surface area contributed by atoms with Gasteiger partial charge in [-0.15, -0.1) is 0 Å². The quantitative estimate of drug-likeness (QED) is 0.833. The summed E-state index contributed by atoms with van der Waals surface area (Å²) in [6.07, 6.45) is 5.90. The molecule has 1 aromatic heterocycles. The van der Waals surface area contributed by atoms with Crippen molar-refractivity contribution in [1.82, 2.24) is 14.9 Å². The smallest absolute Gasteiger partial charge is 0.223 e. The molecule has 1 aromatic rings. The van der Waals surface area contributed by atoms with E-state index in [0.717, 1.165) is 25.1 Å². The van der Waals surface area contributed by atoms with Crippen molar-refractivity contribution >= 4 is 5.91 Å². The van der Waals surface area contributed by atoms with Crippen LogP contribution in [0.1, 0.15) is 32.4 Å². The van der Waals surface area contributed by atoms with E-state index >= 15 is 0 Å². The highest BCUT2D eigenvalue weighted by Gasteiger charge is 2.26. The first-order chi connectivity index (χ1) is 9.11. The average molecular weight is 265 g/mol. The zero-order chi connectivity index (χ0) is 13.8. The number of fused-ring (bicyclic) bond motifs is 1. The molecular formula is C14H23N3O2. The van der Waals surface area contributed by atoms with Crippen LogP contribution in [-0.4, -0.2) is 33.2 Å². The summed E-state index contributed by atoms with van der Waals surface area (Å²) in [5, 5.41) is 12.1. The fraction of sp³-hybridized carbons (Fsp3) is 0.714. The highest BCUT2D eigenvalue weighted by molar-refractivity contribution is 5.79. The van der Waals surface area contributed by atoms with Gasteiger partial charge in [-0.25, -0.2) is 4.98 Å². The SMILES string of the molecule is CC(C)C(CCO)NC(=O)C1CCn2cncc2C1. The predicted molar refractivity (Wildman–Crippen MR) is 72.5 cm³/mol. The summed E-state index contributed by atoms with van der Waals surface area (Å²) in [4.78, 5) is 16.4. The van der Waals surface area contributed by atoms with Crippen molar-refractivity contribution in [2.75, 3.05) is 6.61 Å². The minimum Gasteiger partial charge on any atom is -0.396 e. The highest BCUT2D eigenvalue weighted by atomic mass is 16.3. The highest BCUT2D eigenvalue weighted by Crippen LogP contribution is 2.20. The molecule has 2 heterocycles. The van der Waals surface area contributed by atoms with Crippen LogP contribution >= 0.6 is 0 Å². The van der Waals surface area contributed by atoms with E-state index < -0.39 is 0 Å². The molecule has 0 spiro atoms. The molecule has 1 aliphatic rings. The Balaban J connectivity index is 1.93. The molecule has 0 bridgehead atoms. The molecule has 0 radical (unpaired) electrons. The summed E-state index contributed by atoms with van der Waals surface area (Å²) in [7, 11) is 0. The molecule has 1 aliphatic heterocycles. The molecule has 0 saturated carbocycles. The Morgan fingerprint density at radius 3 is 3.11 bits per heavy atom. The molecule has 1 amide bonds. The van der Waals surface area contributed by atoms with Gasteiger partial charge >= 0.3 is 0 Å². The fourth-order valence-corrected chi connectivity index (χ4v) is 2.60. The summed E-state index contributed by atoms with van der Waals surface area (Å²) in [5.41, 5.74) is 1.13. The molecular weight excluding hydrogens is 242 g/mol. The molecule has 0 aromatic carbocycles. The summed E-state index contributed by atoms with van der Waals surface area (Å²) in [5.74, 6) is 0.481. The number of carbonyl (C=O) groups is 1. The minimum absolute atomic E-state index is 0.0316. The summed E-state index contributed by atoms with van der Waals surface area (Å²) >= 11 is 0. The Labute approximate surface area is 114 Å². The van der Waals surface area contributed by atoms with Gasteiger partial charge in [0.1, 0.15) is 0 Å². The lowest BCUT2D eigenvalue weighted by Gasteiger charge is -2.27. The molecule has 2 atom stereocenters. The molecule has 2 unspecified atom stereocenters. The third kappa shape index (κ3) is 3.35. The van der Waals surface area contributed by atoms with Gasteiger partial charge in [-0.2, -0.15) is 0 Å². The van der Waals surface area contributed by atoms with Gasteiger partial charge in [0.2, 0.25) is 5.91 Å². The van der Waals surface area contributed by atoms with E-state index in [9.17, 15) is 4.79 Å². The second kappa shape index (κ2) is 6.19. The second-order valence-electron chi connectivity index (χ2n) is 5.64. The number of imidazole rings is 1. The standard InChI is InChI=1S/C14H23N3O2/c1-10(2)13(4-6-18)16-14(19)11-3-5-17-9-15-8-12(17)7-11/h8-11,13,18H,3-7H2,1-2H3,(H,16,19). The van der Waals surface area contributed by atoms with E-state index in [4.69, 9.17) is 5.11 Å². The molecule has 0 aliphatic carbocycles. The maximum Gasteiger partial charge on any atom is 0.223 e. The largest absolute Gasteiger partial charge is 0.396 e. The Hall–Kier alpha value is -1.36. The van der Waals surface area contributed by atoms with Crippen LogP contribution < -0.4 is 5.32 Å². The van der Waals surface area contributed by atoms with Crippen molar-refractivity contribution in [2.24, 2.45) is 11.8 Å². The van der Waals surface area contributed by atoms with Gasteiger partial charge in [0.25, 0.3) is 0 Å². The van der Waals surface area contributed by atoms with Crippen LogP contribution in [0.4, 0.5) is 0 Å². The Kier molecular flexibility index (Phi) is 4.58. The number of hydrogen-bond acceptors (Lipinski definition) is 3. The zero-order valence-electron chi connectivity index (χ0n) is 11.7. The van der Waals surface area contributed by atoms with E-state index in [2.05, 4.69) is 28.7 Å². The number of hydrogen-bond donors (Lipinski definition) is 2. The predicted octanol–water partition coefficient (Wildman–Crippen LogP) is 0.969. The molecule has 106 valence electrons. The van der Waals surface area contributed by atoms with Crippen molar-refractivity contribution in [1.29, 1.82) is 0 Å². The number of aliphatic hydroxyl groups excluding tert-OH is 1. The van der Waals surface area contributed by atoms with Crippen LogP contribution in [0.3, 0.4) is 0 Å². The first kappa shape index (κ1) is 14.1. The van der Waals surface area contributed by atoms with E-state index in [1.54, 1.807) is 0 Å². The van der Waals surface area contributed by atoms with E-state index in [-0.39, 0.29) is 24.5 Å². The topological polar surface area (TPSA) is 67.2 Å². The lowest BCUT2D eigenvalue weighted by atomic mass is 9.93. The molecule has 2 rings (SSSR count). The maximum absolute atomic E-state index is 12.3. The van der Waals surface area contributed by atoms with Crippen molar-refractivity contribution in [3.63, 3.8) is 0 Å². The number of rotatable bonds is 5. The number of aromatic nitrogens is 2. The van der Waals surface area contributed by atoms with Gasteiger partial charge < -0.3 is 15.0 Å². The van der Waals surface area contributed by atoms with Gasteiger partial charge in [0.05, 0.1) is 6.33 Å². The number of amides is 1. The van der Waals surface area contributed by atoms with Crippen molar-refractivity contribution in [2.45, 2.75) is 45.7 Å². The van der Waals surface area contributed by atoms with Crippen LogP contribution in [0.25, 0.3) is 0 Å². The molecule has 2 N–H and O–H groups in total. The normalized spacial score (nSPS) is 20.1. The van der Waals surface area contributed by atoms with Crippen LogP contribution in [0, 0.1) is 11.8 Å². The van der Waals surface area contributed by atoms with Crippen molar-refractivity contribution in [3.05, 3.63) is 18.2 Å². The maximum atomic E-state index is 12.3. The molecule has 5 nitrogen and oxygen atoms in total. The molecule has 5 heteroatoms. The third-order valence-electron chi connectivity index (χ3n) is 3.92. The van der Waals surface area contributed by atoms with Crippen molar-refractivity contribution < 1.29 is 9.90 Å². The number of aliphatic hydroxyl groups is 1.